The summed E-state index contributed by atoms with van der Waals surface area (Å²) in [4.78, 5) is 4.22. The van der Waals surface area contributed by atoms with Crippen LogP contribution >= 0.6 is 0 Å². The Kier molecular flexibility index (Phi) is 4.37. The summed E-state index contributed by atoms with van der Waals surface area (Å²) in [7, 11) is 0. The van der Waals surface area contributed by atoms with Crippen molar-refractivity contribution >= 4 is 5.69 Å². The Morgan fingerprint density at radius 3 is 2.80 bits per heavy atom. The molecule has 1 atom stereocenters. The Morgan fingerprint density at radius 1 is 1.47 bits per heavy atom. The minimum Gasteiger partial charge on any atom is -0.472 e. The summed E-state index contributed by atoms with van der Waals surface area (Å²) in [6, 6.07) is 3.57. The summed E-state index contributed by atoms with van der Waals surface area (Å²) in [5.41, 5.74) is 7.13. The molecule has 0 aromatic carbocycles. The SMILES string of the molecule is CCOCC(C)Oc1ccc(N)c(C)n1. The molecule has 0 spiro atoms. The van der Waals surface area contributed by atoms with Gasteiger partial charge in [0, 0.05) is 12.7 Å². The molecule has 4 heteroatoms. The van der Waals surface area contributed by atoms with Gasteiger partial charge in [0.2, 0.25) is 5.88 Å². The third-order valence-corrected chi connectivity index (χ3v) is 1.98. The van der Waals surface area contributed by atoms with E-state index in [1.54, 1.807) is 12.1 Å². The van der Waals surface area contributed by atoms with Gasteiger partial charge in [-0.15, -0.1) is 0 Å². The highest BCUT2D eigenvalue weighted by atomic mass is 16.5. The molecule has 1 rings (SSSR count). The van der Waals surface area contributed by atoms with Gasteiger partial charge in [-0.2, -0.15) is 0 Å². The number of nitrogens with two attached hydrogens (primary N) is 1. The number of hydrogen-bond donors (Lipinski definition) is 1. The molecule has 0 fully saturated rings. The molecule has 2 N–H and O–H groups in total. The summed E-state index contributed by atoms with van der Waals surface area (Å²) < 4.78 is 10.8. The Bertz CT molecular complexity index is 315. The van der Waals surface area contributed by atoms with E-state index in [9.17, 15) is 0 Å². The van der Waals surface area contributed by atoms with E-state index in [0.29, 0.717) is 24.8 Å². The van der Waals surface area contributed by atoms with Crippen LogP contribution in [0.15, 0.2) is 12.1 Å². The third-order valence-electron chi connectivity index (χ3n) is 1.98. The summed E-state index contributed by atoms with van der Waals surface area (Å²) in [6.07, 6.45) is 0.000439. The molecule has 84 valence electrons. The summed E-state index contributed by atoms with van der Waals surface area (Å²) in [5.74, 6) is 0.592. The lowest BCUT2D eigenvalue weighted by Gasteiger charge is -2.14. The second kappa shape index (κ2) is 5.56. The van der Waals surface area contributed by atoms with Gasteiger partial charge in [0.15, 0.2) is 0 Å². The first kappa shape index (κ1) is 11.8. The first-order chi connectivity index (χ1) is 7.13. The zero-order chi connectivity index (χ0) is 11.3. The Labute approximate surface area is 90.4 Å². The Hall–Kier alpha value is -1.29. The van der Waals surface area contributed by atoms with Gasteiger partial charge >= 0.3 is 0 Å². The highest BCUT2D eigenvalue weighted by molar-refractivity contribution is 5.43. The predicted octanol–water partition coefficient (Wildman–Crippen LogP) is 1.78. The molecule has 0 aliphatic carbocycles. The van der Waals surface area contributed by atoms with Crippen molar-refractivity contribution in [1.29, 1.82) is 0 Å². The van der Waals surface area contributed by atoms with Gasteiger partial charge in [-0.25, -0.2) is 4.98 Å². The van der Waals surface area contributed by atoms with Crippen LogP contribution < -0.4 is 10.5 Å². The predicted molar refractivity (Wildman–Crippen MR) is 60.0 cm³/mol. The molecule has 0 radical (unpaired) electrons. The van der Waals surface area contributed by atoms with Crippen molar-refractivity contribution in [3.05, 3.63) is 17.8 Å². The molecular formula is C11H18N2O2. The molecule has 1 aromatic heterocycles. The van der Waals surface area contributed by atoms with Crippen LogP contribution in [0.2, 0.25) is 0 Å². The number of nitrogens with zero attached hydrogens (tertiary/aromatic N) is 1. The van der Waals surface area contributed by atoms with Crippen LogP contribution in [0.3, 0.4) is 0 Å². The van der Waals surface area contributed by atoms with E-state index in [4.69, 9.17) is 15.2 Å². The number of anilines is 1. The van der Waals surface area contributed by atoms with Crippen molar-refractivity contribution in [2.45, 2.75) is 26.9 Å². The fourth-order valence-electron chi connectivity index (χ4n) is 1.14. The number of hydrogen-bond acceptors (Lipinski definition) is 4. The van der Waals surface area contributed by atoms with Gasteiger partial charge in [0.05, 0.1) is 18.0 Å². The van der Waals surface area contributed by atoms with Crippen LogP contribution in [0, 0.1) is 6.92 Å². The van der Waals surface area contributed by atoms with E-state index in [2.05, 4.69) is 4.98 Å². The lowest BCUT2D eigenvalue weighted by atomic mass is 10.3. The Morgan fingerprint density at radius 2 is 2.20 bits per heavy atom. The number of rotatable bonds is 5. The molecule has 4 nitrogen and oxygen atoms in total. The quantitative estimate of drug-likeness (QED) is 0.804. The van der Waals surface area contributed by atoms with Gasteiger partial charge in [-0.3, -0.25) is 0 Å². The topological polar surface area (TPSA) is 57.4 Å². The van der Waals surface area contributed by atoms with Gasteiger partial charge in [-0.1, -0.05) is 0 Å². The zero-order valence-corrected chi connectivity index (χ0v) is 9.49. The van der Waals surface area contributed by atoms with Gasteiger partial charge in [-0.05, 0) is 26.8 Å². The van der Waals surface area contributed by atoms with Crippen molar-refractivity contribution in [2.75, 3.05) is 18.9 Å². The molecule has 0 bridgehead atoms. The normalized spacial score (nSPS) is 12.5. The van der Waals surface area contributed by atoms with Crippen LogP contribution in [0.4, 0.5) is 5.69 Å². The minimum atomic E-state index is 0.000439. The fourth-order valence-corrected chi connectivity index (χ4v) is 1.14. The van der Waals surface area contributed by atoms with Gasteiger partial charge < -0.3 is 15.2 Å². The van der Waals surface area contributed by atoms with Crippen molar-refractivity contribution < 1.29 is 9.47 Å². The van der Waals surface area contributed by atoms with Crippen molar-refractivity contribution in [1.82, 2.24) is 4.98 Å². The standard InChI is InChI=1S/C11H18N2O2/c1-4-14-7-8(2)15-11-6-5-10(12)9(3)13-11/h5-6,8H,4,7,12H2,1-3H3. The third kappa shape index (κ3) is 3.75. The van der Waals surface area contributed by atoms with Crippen LogP contribution in [0.25, 0.3) is 0 Å². The molecular weight excluding hydrogens is 192 g/mol. The largest absolute Gasteiger partial charge is 0.472 e. The van der Waals surface area contributed by atoms with E-state index >= 15 is 0 Å². The number of nitrogen functional groups attached to an aromatic ring is 1. The smallest absolute Gasteiger partial charge is 0.213 e. The first-order valence-electron chi connectivity index (χ1n) is 5.11. The summed E-state index contributed by atoms with van der Waals surface area (Å²) in [6.45, 7) is 7.03. The molecule has 0 saturated carbocycles. The number of pyridine rings is 1. The zero-order valence-electron chi connectivity index (χ0n) is 9.49. The molecule has 15 heavy (non-hydrogen) atoms. The lowest BCUT2D eigenvalue weighted by Crippen LogP contribution is -2.19. The average molecular weight is 210 g/mol. The number of aromatic nitrogens is 1. The number of ether oxygens (including phenoxy) is 2. The van der Waals surface area contributed by atoms with Gasteiger partial charge in [0.1, 0.15) is 6.10 Å². The van der Waals surface area contributed by atoms with Gasteiger partial charge in [0.25, 0.3) is 0 Å². The Balaban J connectivity index is 2.53. The molecule has 0 amide bonds. The second-order valence-corrected chi connectivity index (χ2v) is 3.41. The molecule has 0 aliphatic heterocycles. The average Bonchev–Trinajstić information content (AvgIpc) is 2.20. The van der Waals surface area contributed by atoms with Crippen LogP contribution in [0.1, 0.15) is 19.5 Å². The minimum absolute atomic E-state index is 0.000439. The summed E-state index contributed by atoms with van der Waals surface area (Å²) in [5, 5.41) is 0. The maximum Gasteiger partial charge on any atom is 0.213 e. The van der Waals surface area contributed by atoms with Crippen LogP contribution in [-0.4, -0.2) is 24.3 Å². The fraction of sp³-hybridized carbons (Fsp3) is 0.545. The van der Waals surface area contributed by atoms with E-state index in [-0.39, 0.29) is 6.10 Å². The van der Waals surface area contributed by atoms with E-state index in [0.717, 1.165) is 5.69 Å². The van der Waals surface area contributed by atoms with Crippen LogP contribution in [0.5, 0.6) is 5.88 Å². The highest BCUT2D eigenvalue weighted by Gasteiger charge is 2.05. The van der Waals surface area contributed by atoms with E-state index in [1.165, 1.54) is 0 Å². The molecule has 1 unspecified atom stereocenters. The maximum absolute atomic E-state index is 5.66. The first-order valence-corrected chi connectivity index (χ1v) is 5.11. The molecule has 1 heterocycles. The molecule has 1 aromatic rings. The second-order valence-electron chi connectivity index (χ2n) is 3.41. The lowest BCUT2D eigenvalue weighted by molar-refractivity contribution is 0.0633. The van der Waals surface area contributed by atoms with Crippen molar-refractivity contribution in [2.24, 2.45) is 0 Å². The maximum atomic E-state index is 5.66. The van der Waals surface area contributed by atoms with E-state index < -0.39 is 0 Å². The molecule has 0 aliphatic rings. The van der Waals surface area contributed by atoms with Crippen LogP contribution in [-0.2, 0) is 4.74 Å². The van der Waals surface area contributed by atoms with Crippen molar-refractivity contribution in [3.8, 4) is 5.88 Å². The number of aryl methyl sites for hydroxylation is 1. The summed E-state index contributed by atoms with van der Waals surface area (Å²) >= 11 is 0. The van der Waals surface area contributed by atoms with E-state index in [1.807, 2.05) is 20.8 Å². The van der Waals surface area contributed by atoms with Crippen molar-refractivity contribution in [3.63, 3.8) is 0 Å². The monoisotopic (exact) mass is 210 g/mol. The molecule has 0 saturated heterocycles. The highest BCUT2D eigenvalue weighted by Crippen LogP contribution is 2.14.